The van der Waals surface area contributed by atoms with Gasteiger partial charge < -0.3 is 23.3 Å². The minimum Gasteiger partial charge on any atom is -0.437 e. The molecule has 0 aliphatic rings. The molecule has 0 radical (unpaired) electrons. The normalized spacial score (nSPS) is 13.5. The van der Waals surface area contributed by atoms with Gasteiger partial charge in [-0.15, -0.1) is 0 Å². The highest BCUT2D eigenvalue weighted by Gasteiger charge is 2.33. The Bertz CT molecular complexity index is 291. The molecular weight excluding hydrogens is 341 g/mol. The summed E-state index contributed by atoms with van der Waals surface area (Å²) in [5.41, 5.74) is -0.318. The average molecular weight is 379 g/mol. The predicted molar refractivity (Wildman–Crippen MR) is 105 cm³/mol. The van der Waals surface area contributed by atoms with Crippen LogP contribution < -0.4 is 0 Å². The van der Waals surface area contributed by atoms with Gasteiger partial charge in [-0.3, -0.25) is 4.99 Å². The van der Waals surface area contributed by atoms with Gasteiger partial charge in [0.1, 0.15) is 0 Å². The molecule has 150 valence electrons. The van der Waals surface area contributed by atoms with Gasteiger partial charge in [0.15, 0.2) is 6.40 Å². The van der Waals surface area contributed by atoms with Crippen molar-refractivity contribution in [1.29, 1.82) is 0 Å². The van der Waals surface area contributed by atoms with Crippen molar-refractivity contribution >= 4 is 14.8 Å². The number of hydrogen-bond donors (Lipinski definition) is 0. The molecular formula is C18H38NO5P. The van der Waals surface area contributed by atoms with Crippen LogP contribution in [0.5, 0.6) is 0 Å². The van der Waals surface area contributed by atoms with E-state index in [-0.39, 0.29) is 5.41 Å². The summed E-state index contributed by atoms with van der Waals surface area (Å²) in [6, 6.07) is 0. The topological polar surface area (TPSA) is 58.5 Å². The van der Waals surface area contributed by atoms with Crippen LogP contribution in [0, 0.1) is 5.41 Å². The number of nitrogens with zero attached hydrogens (tertiary/aromatic N) is 1. The second-order valence-electron chi connectivity index (χ2n) is 6.08. The quantitative estimate of drug-likeness (QED) is 0.154. The van der Waals surface area contributed by atoms with Crippen LogP contribution in [0.25, 0.3) is 0 Å². The maximum Gasteiger partial charge on any atom is 0.228 e. The molecule has 0 aromatic heterocycles. The maximum absolute atomic E-state index is 5.96. The molecule has 1 atom stereocenters. The van der Waals surface area contributed by atoms with Crippen molar-refractivity contribution in [3.05, 3.63) is 0 Å². The van der Waals surface area contributed by atoms with Gasteiger partial charge in [0.05, 0.1) is 31.8 Å². The molecule has 6 nitrogen and oxygen atoms in total. The van der Waals surface area contributed by atoms with Gasteiger partial charge in [-0.1, -0.05) is 20.8 Å². The Kier molecular flexibility index (Phi) is 17.0. The van der Waals surface area contributed by atoms with Crippen molar-refractivity contribution in [3.63, 3.8) is 0 Å². The monoisotopic (exact) mass is 379 g/mol. The van der Waals surface area contributed by atoms with Crippen molar-refractivity contribution in [2.45, 2.75) is 47.0 Å². The fourth-order valence-corrected chi connectivity index (χ4v) is 2.70. The molecule has 0 spiro atoms. The molecule has 0 amide bonds. The molecule has 0 aromatic rings. The van der Waals surface area contributed by atoms with E-state index < -0.39 is 8.38 Å². The van der Waals surface area contributed by atoms with Gasteiger partial charge in [0.2, 0.25) is 8.38 Å². The third-order valence-corrected chi connectivity index (χ3v) is 4.16. The summed E-state index contributed by atoms with van der Waals surface area (Å²) in [7, 11) is -1.03. The Hall–Kier alpha value is -0.260. The van der Waals surface area contributed by atoms with Gasteiger partial charge in [0, 0.05) is 33.0 Å². The van der Waals surface area contributed by atoms with Gasteiger partial charge in [-0.05, 0) is 26.2 Å². The second-order valence-corrected chi connectivity index (χ2v) is 7.43. The van der Waals surface area contributed by atoms with Gasteiger partial charge in [-0.2, -0.15) is 0 Å². The lowest BCUT2D eigenvalue weighted by atomic mass is 9.92. The average Bonchev–Trinajstić information content (AvgIpc) is 2.61. The van der Waals surface area contributed by atoms with Crippen LogP contribution >= 0.6 is 8.38 Å². The number of ether oxygens (including phenoxy) is 3. The smallest absolute Gasteiger partial charge is 0.228 e. The lowest BCUT2D eigenvalue weighted by molar-refractivity contribution is -0.0875. The summed E-state index contributed by atoms with van der Waals surface area (Å²) in [5.74, 6) is 0. The highest BCUT2D eigenvalue weighted by molar-refractivity contribution is 7.46. The van der Waals surface area contributed by atoms with E-state index in [4.69, 9.17) is 23.3 Å². The van der Waals surface area contributed by atoms with Crippen LogP contribution in [-0.2, 0) is 23.3 Å². The van der Waals surface area contributed by atoms with Crippen molar-refractivity contribution in [1.82, 2.24) is 0 Å². The minimum atomic E-state index is -1.03. The van der Waals surface area contributed by atoms with Gasteiger partial charge in [0.25, 0.3) is 0 Å². The highest BCUT2D eigenvalue weighted by atomic mass is 31.2. The first-order valence-corrected chi connectivity index (χ1v) is 11.0. The van der Waals surface area contributed by atoms with E-state index in [0.29, 0.717) is 33.0 Å². The van der Waals surface area contributed by atoms with Crippen LogP contribution in [0.4, 0.5) is 0 Å². The van der Waals surface area contributed by atoms with E-state index >= 15 is 0 Å². The van der Waals surface area contributed by atoms with Crippen molar-refractivity contribution in [3.8, 4) is 0 Å². The van der Waals surface area contributed by atoms with E-state index in [1.165, 1.54) is 6.40 Å². The number of hydrogen-bond acceptors (Lipinski definition) is 6. The molecule has 0 saturated carbocycles. The number of aliphatic imine (C=N–C) groups is 1. The standard InChI is InChI=1S/C18H38NO5P/c1-6-10-20-13-18(14-21-11-7-2,15-22-12-8-3)16-23-25(5)24-17-19-9-4/h17H,6-16H2,1-5H3. The zero-order valence-electron chi connectivity index (χ0n) is 16.8. The summed E-state index contributed by atoms with van der Waals surface area (Å²) in [5, 5.41) is 0. The first kappa shape index (κ1) is 24.7. The van der Waals surface area contributed by atoms with Crippen LogP contribution in [-0.4, -0.2) is 65.9 Å². The molecule has 1 unspecified atom stereocenters. The summed E-state index contributed by atoms with van der Waals surface area (Å²) >= 11 is 0. The molecule has 0 heterocycles. The number of rotatable bonds is 18. The third kappa shape index (κ3) is 13.6. The fourth-order valence-electron chi connectivity index (χ4n) is 1.98. The van der Waals surface area contributed by atoms with Crippen molar-refractivity contribution < 1.29 is 23.3 Å². The van der Waals surface area contributed by atoms with Crippen molar-refractivity contribution in [2.75, 3.05) is 59.5 Å². The molecule has 0 N–H and O–H groups in total. The zero-order valence-corrected chi connectivity index (χ0v) is 17.7. The molecule has 0 bridgehead atoms. The van der Waals surface area contributed by atoms with Crippen LogP contribution in [0.3, 0.4) is 0 Å². The summed E-state index contributed by atoms with van der Waals surface area (Å²) in [6.07, 6.45) is 4.43. The highest BCUT2D eigenvalue weighted by Crippen LogP contribution is 2.35. The van der Waals surface area contributed by atoms with Crippen LogP contribution in [0.1, 0.15) is 47.0 Å². The molecule has 0 aromatic carbocycles. The molecule has 0 rings (SSSR count). The molecule has 7 heteroatoms. The van der Waals surface area contributed by atoms with Gasteiger partial charge in [-0.25, -0.2) is 0 Å². The Morgan fingerprint density at radius 3 is 1.68 bits per heavy atom. The van der Waals surface area contributed by atoms with Crippen LogP contribution in [0.2, 0.25) is 0 Å². The lowest BCUT2D eigenvalue weighted by Crippen LogP contribution is -2.41. The van der Waals surface area contributed by atoms with Crippen molar-refractivity contribution in [2.24, 2.45) is 10.4 Å². The zero-order chi connectivity index (χ0) is 18.8. The summed E-state index contributed by atoms with van der Waals surface area (Å²) in [6.45, 7) is 15.2. The predicted octanol–water partition coefficient (Wildman–Crippen LogP) is 4.28. The first-order valence-electron chi connectivity index (χ1n) is 9.39. The first-order chi connectivity index (χ1) is 12.1. The SMILES string of the molecule is CCCOCC(COCCC)(COCCC)COP(C)OC=NCC. The molecule has 0 aliphatic heterocycles. The minimum absolute atomic E-state index is 0.318. The molecule has 0 aliphatic carbocycles. The van der Waals surface area contributed by atoms with Crippen LogP contribution in [0.15, 0.2) is 4.99 Å². The van der Waals surface area contributed by atoms with E-state index in [1.54, 1.807) is 0 Å². The summed E-state index contributed by atoms with van der Waals surface area (Å²) in [4.78, 5) is 4.05. The van der Waals surface area contributed by atoms with Gasteiger partial charge >= 0.3 is 0 Å². The second kappa shape index (κ2) is 17.2. The summed E-state index contributed by atoms with van der Waals surface area (Å²) < 4.78 is 29.0. The Morgan fingerprint density at radius 2 is 1.28 bits per heavy atom. The Labute approximate surface area is 155 Å². The molecule has 0 saturated heterocycles. The largest absolute Gasteiger partial charge is 0.437 e. The lowest BCUT2D eigenvalue weighted by Gasteiger charge is -2.33. The Balaban J connectivity index is 4.76. The maximum atomic E-state index is 5.96. The van der Waals surface area contributed by atoms with E-state index in [2.05, 4.69) is 25.8 Å². The third-order valence-electron chi connectivity index (χ3n) is 3.28. The molecule has 25 heavy (non-hydrogen) atoms. The molecule has 0 fully saturated rings. The van der Waals surface area contributed by atoms with E-state index in [1.807, 2.05) is 13.6 Å². The van der Waals surface area contributed by atoms with E-state index in [9.17, 15) is 0 Å². The fraction of sp³-hybridized carbons (Fsp3) is 0.944. The van der Waals surface area contributed by atoms with E-state index in [0.717, 1.165) is 39.1 Å². The Morgan fingerprint density at radius 1 is 0.800 bits per heavy atom.